The van der Waals surface area contributed by atoms with Crippen LogP contribution < -0.4 is 5.73 Å². The molecular weight excluding hydrogens is 249 g/mol. The fraction of sp³-hybridized carbons (Fsp3) is 0.385. The summed E-state index contributed by atoms with van der Waals surface area (Å²) in [5.74, 6) is -1.39. The summed E-state index contributed by atoms with van der Waals surface area (Å²) in [5.41, 5.74) is 6.99. The van der Waals surface area contributed by atoms with Gasteiger partial charge in [-0.15, -0.1) is 0 Å². The van der Waals surface area contributed by atoms with Gasteiger partial charge < -0.3 is 15.5 Å². The van der Waals surface area contributed by atoms with E-state index in [2.05, 4.69) is 0 Å². The molecule has 1 aromatic carbocycles. The van der Waals surface area contributed by atoms with Gasteiger partial charge in [0.25, 0.3) is 0 Å². The molecule has 1 fully saturated rings. The van der Waals surface area contributed by atoms with E-state index in [1.807, 2.05) is 0 Å². The van der Waals surface area contributed by atoms with E-state index in [0.29, 0.717) is 18.7 Å². The third-order valence-corrected chi connectivity index (χ3v) is 3.27. The first-order valence-electron chi connectivity index (χ1n) is 6.04. The molecule has 1 aromatic rings. The molecule has 0 aliphatic carbocycles. The van der Waals surface area contributed by atoms with E-state index in [1.54, 1.807) is 13.1 Å². The summed E-state index contributed by atoms with van der Waals surface area (Å²) >= 11 is 0. The number of nitrogens with two attached hydrogens (primary N) is 1. The molecule has 1 aliphatic rings. The highest BCUT2D eigenvalue weighted by molar-refractivity contribution is 6.35. The van der Waals surface area contributed by atoms with Crippen molar-refractivity contribution in [3.8, 4) is 0 Å². The molecule has 0 radical (unpaired) electrons. The quantitative estimate of drug-likeness (QED) is 0.787. The topological polar surface area (TPSA) is 66.6 Å². The van der Waals surface area contributed by atoms with Crippen LogP contribution in [0.25, 0.3) is 0 Å². The number of piperazine rings is 1. The third kappa shape index (κ3) is 2.73. The van der Waals surface area contributed by atoms with Crippen molar-refractivity contribution in [2.45, 2.75) is 13.1 Å². The van der Waals surface area contributed by atoms with Crippen LogP contribution in [-0.2, 0) is 22.7 Å². The van der Waals surface area contributed by atoms with Crippen LogP contribution in [0.1, 0.15) is 11.1 Å². The summed E-state index contributed by atoms with van der Waals surface area (Å²) in [6.45, 7) is 1.46. The van der Waals surface area contributed by atoms with Crippen LogP contribution in [0.2, 0.25) is 0 Å². The van der Waals surface area contributed by atoms with Crippen LogP contribution in [0.15, 0.2) is 18.2 Å². The SMILES string of the molecule is CN1CCN(Cc2ccc(F)cc2CN)C(=O)C1=O. The molecule has 0 aromatic heterocycles. The van der Waals surface area contributed by atoms with Gasteiger partial charge >= 0.3 is 11.8 Å². The van der Waals surface area contributed by atoms with Gasteiger partial charge in [-0.25, -0.2) is 4.39 Å². The Morgan fingerprint density at radius 2 is 1.95 bits per heavy atom. The smallest absolute Gasteiger partial charge is 0.312 e. The lowest BCUT2D eigenvalue weighted by Gasteiger charge is -2.31. The summed E-state index contributed by atoms with van der Waals surface area (Å²) in [6.07, 6.45) is 0. The van der Waals surface area contributed by atoms with Crippen molar-refractivity contribution in [2.75, 3.05) is 20.1 Å². The van der Waals surface area contributed by atoms with Gasteiger partial charge in [0.15, 0.2) is 0 Å². The predicted octanol–water partition coefficient (Wildman–Crippen LogP) is 0.0850. The molecule has 1 saturated heterocycles. The average Bonchev–Trinajstić information content (AvgIpc) is 2.41. The standard InChI is InChI=1S/C13H16FN3O2/c1-16-4-5-17(13(19)12(16)18)8-9-2-3-11(14)6-10(9)7-15/h2-3,6H,4-5,7-8,15H2,1H3. The zero-order valence-electron chi connectivity index (χ0n) is 10.7. The van der Waals surface area contributed by atoms with E-state index in [1.165, 1.54) is 21.9 Å². The zero-order chi connectivity index (χ0) is 14.0. The van der Waals surface area contributed by atoms with E-state index in [0.717, 1.165) is 5.56 Å². The van der Waals surface area contributed by atoms with Gasteiger partial charge in [-0.1, -0.05) is 6.07 Å². The lowest BCUT2D eigenvalue weighted by atomic mass is 10.1. The van der Waals surface area contributed by atoms with E-state index in [-0.39, 0.29) is 18.9 Å². The van der Waals surface area contributed by atoms with E-state index in [9.17, 15) is 14.0 Å². The van der Waals surface area contributed by atoms with Crippen molar-refractivity contribution in [1.82, 2.24) is 9.80 Å². The maximum absolute atomic E-state index is 13.1. The Morgan fingerprint density at radius 3 is 2.63 bits per heavy atom. The van der Waals surface area contributed by atoms with Crippen LogP contribution in [0.4, 0.5) is 4.39 Å². The highest BCUT2D eigenvalue weighted by atomic mass is 19.1. The molecule has 1 aliphatic heterocycles. The van der Waals surface area contributed by atoms with E-state index in [4.69, 9.17) is 5.73 Å². The van der Waals surface area contributed by atoms with Gasteiger partial charge in [-0.2, -0.15) is 0 Å². The molecule has 2 amide bonds. The van der Waals surface area contributed by atoms with Gasteiger partial charge in [-0.05, 0) is 23.3 Å². The number of carbonyl (C=O) groups is 2. The maximum Gasteiger partial charge on any atom is 0.312 e. The first kappa shape index (κ1) is 13.5. The Hall–Kier alpha value is -1.95. The first-order valence-corrected chi connectivity index (χ1v) is 6.04. The van der Waals surface area contributed by atoms with Crippen LogP contribution in [0.5, 0.6) is 0 Å². The van der Waals surface area contributed by atoms with Crippen molar-refractivity contribution in [2.24, 2.45) is 5.73 Å². The number of hydrogen-bond acceptors (Lipinski definition) is 3. The van der Waals surface area contributed by atoms with Crippen molar-refractivity contribution in [3.05, 3.63) is 35.1 Å². The highest BCUT2D eigenvalue weighted by Gasteiger charge is 2.30. The number of benzene rings is 1. The molecule has 0 atom stereocenters. The number of amides is 2. The van der Waals surface area contributed by atoms with Gasteiger partial charge in [0.2, 0.25) is 0 Å². The van der Waals surface area contributed by atoms with Gasteiger partial charge in [0.1, 0.15) is 5.82 Å². The number of likely N-dealkylation sites (N-methyl/N-ethyl adjacent to an activating group) is 1. The van der Waals surface area contributed by atoms with Crippen molar-refractivity contribution < 1.29 is 14.0 Å². The Bertz CT molecular complexity index is 519. The lowest BCUT2D eigenvalue weighted by molar-refractivity contribution is -0.155. The number of nitrogens with zero attached hydrogens (tertiary/aromatic N) is 2. The molecule has 5 nitrogen and oxygen atoms in total. The number of carbonyl (C=O) groups excluding carboxylic acids is 2. The number of rotatable bonds is 3. The van der Waals surface area contributed by atoms with Crippen LogP contribution in [0, 0.1) is 5.82 Å². The molecule has 1 heterocycles. The summed E-state index contributed by atoms with van der Waals surface area (Å²) in [5, 5.41) is 0. The summed E-state index contributed by atoms with van der Waals surface area (Å²) in [6, 6.07) is 4.29. The minimum Gasteiger partial charge on any atom is -0.336 e. The molecule has 0 bridgehead atoms. The summed E-state index contributed by atoms with van der Waals surface area (Å²) in [7, 11) is 1.60. The second-order valence-electron chi connectivity index (χ2n) is 4.57. The normalized spacial score (nSPS) is 16.2. The minimum atomic E-state index is -0.527. The van der Waals surface area contributed by atoms with Crippen LogP contribution in [0.3, 0.4) is 0 Å². The largest absolute Gasteiger partial charge is 0.336 e. The van der Waals surface area contributed by atoms with Gasteiger partial charge in [0, 0.05) is 33.2 Å². The molecule has 102 valence electrons. The van der Waals surface area contributed by atoms with Gasteiger partial charge in [0.05, 0.1) is 0 Å². The Morgan fingerprint density at radius 1 is 1.21 bits per heavy atom. The summed E-state index contributed by atoms with van der Waals surface area (Å²) in [4.78, 5) is 26.3. The second kappa shape index (κ2) is 5.36. The van der Waals surface area contributed by atoms with Gasteiger partial charge in [-0.3, -0.25) is 9.59 Å². The molecule has 0 unspecified atom stereocenters. The lowest BCUT2D eigenvalue weighted by Crippen LogP contribution is -2.52. The van der Waals surface area contributed by atoms with E-state index < -0.39 is 11.8 Å². The first-order chi connectivity index (χ1) is 9.02. The van der Waals surface area contributed by atoms with Crippen molar-refractivity contribution in [1.29, 1.82) is 0 Å². The second-order valence-corrected chi connectivity index (χ2v) is 4.57. The summed E-state index contributed by atoms with van der Waals surface area (Å²) < 4.78 is 13.1. The maximum atomic E-state index is 13.1. The average molecular weight is 265 g/mol. The predicted molar refractivity (Wildman–Crippen MR) is 67.3 cm³/mol. The molecule has 19 heavy (non-hydrogen) atoms. The van der Waals surface area contributed by atoms with Crippen LogP contribution >= 0.6 is 0 Å². The van der Waals surface area contributed by atoms with Crippen molar-refractivity contribution >= 4 is 11.8 Å². The monoisotopic (exact) mass is 265 g/mol. The highest BCUT2D eigenvalue weighted by Crippen LogP contribution is 2.15. The Kier molecular flexibility index (Phi) is 3.80. The minimum absolute atomic E-state index is 0.197. The Labute approximate surface area is 110 Å². The molecule has 2 rings (SSSR count). The molecule has 6 heteroatoms. The molecule has 0 saturated carbocycles. The fourth-order valence-corrected chi connectivity index (χ4v) is 2.07. The molecule has 0 spiro atoms. The fourth-order valence-electron chi connectivity index (χ4n) is 2.07. The van der Waals surface area contributed by atoms with Crippen molar-refractivity contribution in [3.63, 3.8) is 0 Å². The number of hydrogen-bond donors (Lipinski definition) is 1. The molecule has 2 N–H and O–H groups in total. The Balaban J connectivity index is 2.17. The zero-order valence-corrected chi connectivity index (χ0v) is 10.7. The number of halogens is 1. The molecular formula is C13H16FN3O2. The van der Waals surface area contributed by atoms with Crippen LogP contribution in [-0.4, -0.2) is 41.8 Å². The third-order valence-electron chi connectivity index (χ3n) is 3.27. The van der Waals surface area contributed by atoms with E-state index >= 15 is 0 Å².